The lowest BCUT2D eigenvalue weighted by atomic mass is 9.92. The molecule has 5 nitrogen and oxygen atoms in total. The van der Waals surface area contributed by atoms with Crippen LogP contribution in [-0.4, -0.2) is 55.2 Å². The van der Waals surface area contributed by atoms with E-state index in [0.29, 0.717) is 6.54 Å². The highest BCUT2D eigenvalue weighted by Crippen LogP contribution is 2.34. The highest BCUT2D eigenvalue weighted by Gasteiger charge is 2.23. The van der Waals surface area contributed by atoms with Gasteiger partial charge in [-0.15, -0.1) is 11.8 Å². The van der Waals surface area contributed by atoms with Crippen molar-refractivity contribution in [1.82, 2.24) is 10.2 Å². The number of thioether (sulfide) groups is 1. The third-order valence-corrected chi connectivity index (χ3v) is 6.56. The fraction of sp³-hybridized carbons (Fsp3) is 0.636. The number of nitrogens with zero attached hydrogens (tertiary/aromatic N) is 2. The van der Waals surface area contributed by atoms with Crippen LogP contribution in [-0.2, 0) is 9.59 Å². The summed E-state index contributed by atoms with van der Waals surface area (Å²) in [6.07, 6.45) is 2.83. The van der Waals surface area contributed by atoms with Crippen LogP contribution in [0.1, 0.15) is 39.5 Å². The number of hydrogen-bond donors (Lipinski definition) is 1. The average Bonchev–Trinajstić information content (AvgIpc) is 2.68. The predicted molar refractivity (Wildman–Crippen MR) is 116 cm³/mol. The molecule has 0 spiro atoms. The van der Waals surface area contributed by atoms with Gasteiger partial charge in [-0.3, -0.25) is 9.59 Å². The number of carbonyl (C=O) groups excluding carboxylic acids is 2. The number of likely N-dealkylation sites (tertiary alicyclic amines) is 1. The Bertz CT molecular complexity index is 672. The molecular formula is C22H33N3O2S. The Balaban J connectivity index is 1.34. The molecule has 154 valence electrons. The summed E-state index contributed by atoms with van der Waals surface area (Å²) in [7, 11) is 0. The number of benzene rings is 1. The number of anilines is 1. The number of hydrogen-bond acceptors (Lipinski definition) is 4. The molecule has 1 aromatic rings. The van der Waals surface area contributed by atoms with E-state index in [1.54, 1.807) is 11.8 Å². The van der Waals surface area contributed by atoms with Crippen LogP contribution in [0.15, 0.2) is 29.2 Å². The Morgan fingerprint density at radius 2 is 1.89 bits per heavy atom. The quantitative estimate of drug-likeness (QED) is 0.709. The van der Waals surface area contributed by atoms with E-state index in [9.17, 15) is 9.59 Å². The zero-order valence-electron chi connectivity index (χ0n) is 17.2. The van der Waals surface area contributed by atoms with Crippen molar-refractivity contribution in [3.05, 3.63) is 24.3 Å². The zero-order valence-corrected chi connectivity index (χ0v) is 18.0. The highest BCUT2D eigenvalue weighted by molar-refractivity contribution is 7.99. The van der Waals surface area contributed by atoms with Crippen LogP contribution < -0.4 is 10.2 Å². The standard InChI is InChI=1S/C22H33N3O2S/c1-17-14-18(2)16-24(15-17)11-5-10-23-21(26)8-9-22(27)25-12-13-28-20-7-4-3-6-19(20)25/h3-4,6-7,17-18H,5,8-16H2,1-2H3,(H,23,26)/t17-,18-/m0/s1. The van der Waals surface area contributed by atoms with Gasteiger partial charge in [0, 0.05) is 49.7 Å². The molecule has 1 saturated heterocycles. The summed E-state index contributed by atoms with van der Waals surface area (Å²) < 4.78 is 0. The molecule has 0 saturated carbocycles. The fourth-order valence-corrected chi connectivity index (χ4v) is 5.37. The van der Waals surface area contributed by atoms with E-state index in [1.165, 1.54) is 19.5 Å². The first-order valence-corrected chi connectivity index (χ1v) is 11.5. The number of rotatable bonds is 7. The smallest absolute Gasteiger partial charge is 0.227 e. The first kappa shape index (κ1) is 21.2. The first-order chi connectivity index (χ1) is 13.5. The SMILES string of the molecule is C[C@H]1C[C@H](C)CN(CCCNC(=O)CCC(=O)N2CCSc3ccccc32)C1. The van der Waals surface area contributed by atoms with Gasteiger partial charge in [-0.25, -0.2) is 0 Å². The van der Waals surface area contributed by atoms with Crippen LogP contribution >= 0.6 is 11.8 Å². The highest BCUT2D eigenvalue weighted by atomic mass is 32.2. The minimum Gasteiger partial charge on any atom is -0.356 e. The maximum absolute atomic E-state index is 12.6. The fourth-order valence-electron chi connectivity index (χ4n) is 4.38. The number of carbonyl (C=O) groups is 2. The van der Waals surface area contributed by atoms with Gasteiger partial charge in [0.05, 0.1) is 5.69 Å². The van der Waals surface area contributed by atoms with Crippen molar-refractivity contribution in [1.29, 1.82) is 0 Å². The van der Waals surface area contributed by atoms with Gasteiger partial charge in [0.1, 0.15) is 0 Å². The lowest BCUT2D eigenvalue weighted by molar-refractivity contribution is -0.125. The number of para-hydroxylation sites is 1. The van der Waals surface area contributed by atoms with E-state index in [0.717, 1.165) is 47.7 Å². The minimum atomic E-state index is -0.0200. The van der Waals surface area contributed by atoms with Crippen LogP contribution in [0.4, 0.5) is 5.69 Å². The van der Waals surface area contributed by atoms with Crippen molar-refractivity contribution in [2.75, 3.05) is 43.4 Å². The summed E-state index contributed by atoms with van der Waals surface area (Å²) in [6.45, 7) is 9.42. The van der Waals surface area contributed by atoms with Gasteiger partial charge < -0.3 is 15.1 Å². The molecular weight excluding hydrogens is 370 g/mol. The van der Waals surface area contributed by atoms with Crippen LogP contribution in [0.2, 0.25) is 0 Å². The molecule has 0 bridgehead atoms. The van der Waals surface area contributed by atoms with Crippen molar-refractivity contribution < 1.29 is 9.59 Å². The van der Waals surface area contributed by atoms with Gasteiger partial charge in [-0.05, 0) is 43.4 Å². The van der Waals surface area contributed by atoms with Crippen LogP contribution in [0.5, 0.6) is 0 Å². The first-order valence-electron chi connectivity index (χ1n) is 10.5. The number of fused-ring (bicyclic) bond motifs is 1. The third kappa shape index (κ3) is 5.98. The molecule has 1 fully saturated rings. The molecule has 2 aliphatic rings. The van der Waals surface area contributed by atoms with E-state index in [2.05, 4.69) is 30.1 Å². The van der Waals surface area contributed by atoms with Crippen LogP contribution in [0.3, 0.4) is 0 Å². The molecule has 2 heterocycles. The summed E-state index contributed by atoms with van der Waals surface area (Å²) in [4.78, 5) is 30.2. The second kappa shape index (κ2) is 10.3. The lowest BCUT2D eigenvalue weighted by Gasteiger charge is -2.34. The van der Waals surface area contributed by atoms with Crippen LogP contribution in [0, 0.1) is 11.8 Å². The molecule has 0 aliphatic carbocycles. The Morgan fingerprint density at radius 1 is 1.14 bits per heavy atom. The normalized spacial score (nSPS) is 22.6. The topological polar surface area (TPSA) is 52.7 Å². The predicted octanol–water partition coefficient (Wildman–Crippen LogP) is 3.39. The molecule has 6 heteroatoms. The monoisotopic (exact) mass is 403 g/mol. The van der Waals surface area contributed by atoms with Crippen molar-refractivity contribution in [2.45, 2.75) is 44.4 Å². The maximum atomic E-state index is 12.6. The molecule has 2 amide bonds. The molecule has 0 radical (unpaired) electrons. The number of nitrogens with one attached hydrogen (secondary N) is 1. The molecule has 1 aromatic carbocycles. The molecule has 2 atom stereocenters. The molecule has 3 rings (SSSR count). The van der Waals surface area contributed by atoms with Gasteiger partial charge in [0.2, 0.25) is 11.8 Å². The summed E-state index contributed by atoms with van der Waals surface area (Å²) in [5, 5.41) is 2.98. The van der Waals surface area contributed by atoms with Crippen molar-refractivity contribution in [2.24, 2.45) is 11.8 Å². The minimum absolute atomic E-state index is 0.0200. The number of amides is 2. The van der Waals surface area contributed by atoms with Gasteiger partial charge in [0.15, 0.2) is 0 Å². The lowest BCUT2D eigenvalue weighted by Crippen LogP contribution is -2.40. The van der Waals surface area contributed by atoms with Gasteiger partial charge >= 0.3 is 0 Å². The van der Waals surface area contributed by atoms with E-state index in [-0.39, 0.29) is 24.7 Å². The van der Waals surface area contributed by atoms with E-state index < -0.39 is 0 Å². The molecule has 2 aliphatic heterocycles. The number of piperidine rings is 1. The van der Waals surface area contributed by atoms with Gasteiger partial charge in [-0.2, -0.15) is 0 Å². The Morgan fingerprint density at radius 3 is 2.68 bits per heavy atom. The summed E-state index contributed by atoms with van der Waals surface area (Å²) >= 11 is 1.78. The van der Waals surface area contributed by atoms with Crippen LogP contribution in [0.25, 0.3) is 0 Å². The van der Waals surface area contributed by atoms with Gasteiger partial charge in [-0.1, -0.05) is 26.0 Å². The summed E-state index contributed by atoms with van der Waals surface area (Å²) in [5.74, 6) is 2.46. The largest absolute Gasteiger partial charge is 0.356 e. The Kier molecular flexibility index (Phi) is 7.80. The molecule has 28 heavy (non-hydrogen) atoms. The third-order valence-electron chi connectivity index (χ3n) is 5.51. The molecule has 0 unspecified atom stereocenters. The van der Waals surface area contributed by atoms with E-state index in [4.69, 9.17) is 0 Å². The van der Waals surface area contributed by atoms with Crippen molar-refractivity contribution >= 4 is 29.3 Å². The van der Waals surface area contributed by atoms with Crippen molar-refractivity contribution in [3.63, 3.8) is 0 Å². The zero-order chi connectivity index (χ0) is 19.9. The van der Waals surface area contributed by atoms with Crippen molar-refractivity contribution in [3.8, 4) is 0 Å². The van der Waals surface area contributed by atoms with Gasteiger partial charge in [0.25, 0.3) is 0 Å². The summed E-state index contributed by atoms with van der Waals surface area (Å²) in [5.41, 5.74) is 0.981. The Hall–Kier alpha value is -1.53. The molecule has 0 aromatic heterocycles. The maximum Gasteiger partial charge on any atom is 0.227 e. The van der Waals surface area contributed by atoms with E-state index in [1.807, 2.05) is 23.1 Å². The second-order valence-electron chi connectivity index (χ2n) is 8.27. The molecule has 1 N–H and O–H groups in total. The van der Waals surface area contributed by atoms with E-state index >= 15 is 0 Å². The average molecular weight is 404 g/mol. The summed E-state index contributed by atoms with van der Waals surface area (Å²) in [6, 6.07) is 8.00. The Labute approximate surface area is 173 Å². The second-order valence-corrected chi connectivity index (χ2v) is 9.41.